The maximum Gasteiger partial charge on any atom is 0.270 e. The molecular formula is C17H19ClN2O4S. The molecule has 1 heterocycles. The van der Waals surface area contributed by atoms with Crippen molar-refractivity contribution in [2.45, 2.75) is 44.0 Å². The zero-order valence-electron chi connectivity index (χ0n) is 14.1. The summed E-state index contributed by atoms with van der Waals surface area (Å²) < 4.78 is 30.3. The number of nitrogens with zero attached hydrogens (tertiary/aromatic N) is 2. The van der Waals surface area contributed by atoms with Crippen LogP contribution in [0.1, 0.15) is 30.9 Å². The number of benzene rings is 1. The molecule has 0 spiro atoms. The van der Waals surface area contributed by atoms with Crippen molar-refractivity contribution >= 4 is 19.7 Å². The molecule has 2 aromatic rings. The standard InChI is InChI=1S/C17H19ClN2O4S/c1-3-20-17(21)13-7-5-4-6-12(13)16(19-20)11-8-9-14(24-2)15(10-11)25(18,22)23/h8-10H,3-7H2,1-2H3. The number of halogens is 1. The van der Waals surface area contributed by atoms with Crippen LogP contribution in [0.3, 0.4) is 0 Å². The van der Waals surface area contributed by atoms with Crippen LogP contribution in [-0.2, 0) is 28.4 Å². The summed E-state index contributed by atoms with van der Waals surface area (Å²) in [4.78, 5) is 12.4. The SMILES string of the molecule is CCn1nc(-c2ccc(OC)c(S(=O)(=O)Cl)c2)c2c(c1=O)CCCC2. The zero-order chi connectivity index (χ0) is 18.2. The van der Waals surface area contributed by atoms with Crippen molar-refractivity contribution in [2.75, 3.05) is 7.11 Å². The molecule has 25 heavy (non-hydrogen) atoms. The number of hydrogen-bond donors (Lipinski definition) is 0. The van der Waals surface area contributed by atoms with E-state index < -0.39 is 9.05 Å². The van der Waals surface area contributed by atoms with Crippen LogP contribution in [0.4, 0.5) is 0 Å². The normalized spacial score (nSPS) is 14.2. The molecule has 0 radical (unpaired) electrons. The van der Waals surface area contributed by atoms with E-state index in [1.54, 1.807) is 12.1 Å². The van der Waals surface area contributed by atoms with Gasteiger partial charge in [0.15, 0.2) is 0 Å². The van der Waals surface area contributed by atoms with E-state index in [0.717, 1.165) is 36.8 Å². The van der Waals surface area contributed by atoms with Crippen molar-refractivity contribution in [1.82, 2.24) is 9.78 Å². The third-order valence-corrected chi connectivity index (χ3v) is 5.81. The van der Waals surface area contributed by atoms with Gasteiger partial charge in [-0.05, 0) is 56.4 Å². The Morgan fingerprint density at radius 1 is 1.24 bits per heavy atom. The fourth-order valence-electron chi connectivity index (χ4n) is 3.25. The Hall–Kier alpha value is -1.86. The molecule has 1 aliphatic carbocycles. The van der Waals surface area contributed by atoms with E-state index in [1.165, 1.54) is 17.9 Å². The van der Waals surface area contributed by atoms with Crippen molar-refractivity contribution in [3.63, 3.8) is 0 Å². The van der Waals surface area contributed by atoms with Gasteiger partial charge in [0, 0.05) is 28.4 Å². The fourth-order valence-corrected chi connectivity index (χ4v) is 4.27. The van der Waals surface area contributed by atoms with Crippen molar-refractivity contribution in [1.29, 1.82) is 0 Å². The Kier molecular flexibility index (Phi) is 4.88. The average molecular weight is 383 g/mol. The van der Waals surface area contributed by atoms with Gasteiger partial charge in [0.05, 0.1) is 12.8 Å². The van der Waals surface area contributed by atoms with E-state index in [0.29, 0.717) is 17.8 Å². The molecule has 1 aromatic carbocycles. The second-order valence-electron chi connectivity index (χ2n) is 5.94. The van der Waals surface area contributed by atoms with Crippen LogP contribution in [0.25, 0.3) is 11.3 Å². The summed E-state index contributed by atoms with van der Waals surface area (Å²) in [5.41, 5.74) is 2.88. The molecule has 134 valence electrons. The van der Waals surface area contributed by atoms with Crippen molar-refractivity contribution in [3.8, 4) is 17.0 Å². The van der Waals surface area contributed by atoms with Crippen molar-refractivity contribution in [2.24, 2.45) is 0 Å². The van der Waals surface area contributed by atoms with Crippen molar-refractivity contribution < 1.29 is 13.2 Å². The number of methoxy groups -OCH3 is 1. The lowest BCUT2D eigenvalue weighted by Crippen LogP contribution is -2.30. The first-order valence-corrected chi connectivity index (χ1v) is 10.4. The second-order valence-corrected chi connectivity index (χ2v) is 8.47. The molecule has 0 unspecified atom stereocenters. The highest BCUT2D eigenvalue weighted by Crippen LogP contribution is 2.34. The van der Waals surface area contributed by atoms with E-state index in [1.807, 2.05) is 6.92 Å². The number of hydrogen-bond acceptors (Lipinski definition) is 5. The molecule has 0 saturated heterocycles. The minimum absolute atomic E-state index is 0.0559. The molecule has 6 nitrogen and oxygen atoms in total. The molecule has 0 aliphatic heterocycles. The first kappa shape index (κ1) is 17.9. The minimum atomic E-state index is -3.97. The van der Waals surface area contributed by atoms with Crippen LogP contribution >= 0.6 is 10.7 Å². The summed E-state index contributed by atoms with van der Waals surface area (Å²) in [6.07, 6.45) is 3.43. The molecule has 0 fully saturated rings. The summed E-state index contributed by atoms with van der Waals surface area (Å²) in [6, 6.07) is 4.76. The first-order chi connectivity index (χ1) is 11.9. The van der Waals surface area contributed by atoms with Crippen LogP contribution < -0.4 is 10.3 Å². The number of aromatic nitrogens is 2. The van der Waals surface area contributed by atoms with Gasteiger partial charge in [0.2, 0.25) is 0 Å². The van der Waals surface area contributed by atoms with Gasteiger partial charge < -0.3 is 4.74 Å². The van der Waals surface area contributed by atoms with Crippen LogP contribution in [0.2, 0.25) is 0 Å². The largest absolute Gasteiger partial charge is 0.495 e. The van der Waals surface area contributed by atoms with Gasteiger partial charge in [0.25, 0.3) is 14.6 Å². The summed E-state index contributed by atoms with van der Waals surface area (Å²) in [6.45, 7) is 2.31. The van der Waals surface area contributed by atoms with E-state index in [2.05, 4.69) is 5.10 Å². The van der Waals surface area contributed by atoms with Crippen LogP contribution in [-0.4, -0.2) is 25.3 Å². The third kappa shape index (κ3) is 3.30. The number of aryl methyl sites for hydroxylation is 1. The maximum atomic E-state index is 12.5. The lowest BCUT2D eigenvalue weighted by Gasteiger charge is -2.20. The molecule has 3 rings (SSSR count). The highest BCUT2D eigenvalue weighted by atomic mass is 35.7. The molecule has 1 aromatic heterocycles. The van der Waals surface area contributed by atoms with Gasteiger partial charge in [-0.15, -0.1) is 0 Å². The number of ether oxygens (including phenoxy) is 1. The van der Waals surface area contributed by atoms with E-state index >= 15 is 0 Å². The quantitative estimate of drug-likeness (QED) is 0.760. The minimum Gasteiger partial charge on any atom is -0.495 e. The predicted octanol–water partition coefficient (Wildman–Crippen LogP) is 2.75. The molecule has 0 amide bonds. The van der Waals surface area contributed by atoms with E-state index in [4.69, 9.17) is 15.4 Å². The van der Waals surface area contributed by atoms with Gasteiger partial charge in [-0.1, -0.05) is 0 Å². The van der Waals surface area contributed by atoms with Crippen molar-refractivity contribution in [3.05, 3.63) is 39.7 Å². The summed E-state index contributed by atoms with van der Waals surface area (Å²) in [5.74, 6) is 0.177. The summed E-state index contributed by atoms with van der Waals surface area (Å²) in [5, 5.41) is 4.48. The molecule has 0 bridgehead atoms. The van der Waals surface area contributed by atoms with Gasteiger partial charge in [-0.25, -0.2) is 13.1 Å². The molecule has 0 atom stereocenters. The lowest BCUT2D eigenvalue weighted by molar-refractivity contribution is 0.403. The maximum absolute atomic E-state index is 12.5. The fraction of sp³-hybridized carbons (Fsp3) is 0.412. The Morgan fingerprint density at radius 3 is 2.52 bits per heavy atom. The highest BCUT2D eigenvalue weighted by molar-refractivity contribution is 8.13. The molecule has 8 heteroatoms. The Bertz CT molecular complexity index is 983. The molecule has 1 aliphatic rings. The Morgan fingerprint density at radius 2 is 1.92 bits per heavy atom. The highest BCUT2D eigenvalue weighted by Gasteiger charge is 2.23. The second kappa shape index (κ2) is 6.80. The summed E-state index contributed by atoms with van der Waals surface area (Å²) in [7, 11) is 2.96. The van der Waals surface area contributed by atoms with Crippen LogP contribution in [0.5, 0.6) is 5.75 Å². The van der Waals surface area contributed by atoms with Gasteiger partial charge in [-0.2, -0.15) is 5.10 Å². The van der Waals surface area contributed by atoms with E-state index in [9.17, 15) is 13.2 Å². The predicted molar refractivity (Wildman–Crippen MR) is 95.8 cm³/mol. The first-order valence-electron chi connectivity index (χ1n) is 8.12. The van der Waals surface area contributed by atoms with Gasteiger partial charge >= 0.3 is 0 Å². The zero-order valence-corrected chi connectivity index (χ0v) is 15.7. The van der Waals surface area contributed by atoms with Crippen LogP contribution in [0, 0.1) is 0 Å². The van der Waals surface area contributed by atoms with Gasteiger partial charge in [0.1, 0.15) is 10.6 Å². The van der Waals surface area contributed by atoms with E-state index in [-0.39, 0.29) is 16.2 Å². The third-order valence-electron chi connectivity index (χ3n) is 4.47. The number of rotatable bonds is 4. The number of fused-ring (bicyclic) bond motifs is 1. The average Bonchev–Trinajstić information content (AvgIpc) is 2.61. The van der Waals surface area contributed by atoms with Crippen LogP contribution in [0.15, 0.2) is 27.9 Å². The lowest BCUT2D eigenvalue weighted by atomic mass is 9.90. The van der Waals surface area contributed by atoms with Gasteiger partial charge in [-0.3, -0.25) is 4.79 Å². The molecule has 0 N–H and O–H groups in total. The molecule has 0 saturated carbocycles. The topological polar surface area (TPSA) is 78.3 Å². The Labute approximate surface area is 150 Å². The monoisotopic (exact) mass is 382 g/mol. The summed E-state index contributed by atoms with van der Waals surface area (Å²) >= 11 is 0. The smallest absolute Gasteiger partial charge is 0.270 e. The Balaban J connectivity index is 2.28. The molecular weight excluding hydrogens is 364 g/mol.